The lowest BCUT2D eigenvalue weighted by atomic mass is 9.95. The molecule has 3 atom stereocenters. The van der Waals surface area contributed by atoms with Gasteiger partial charge in [0.15, 0.2) is 0 Å². The molecule has 0 saturated carbocycles. The van der Waals surface area contributed by atoms with Crippen LogP contribution in [0.5, 0.6) is 11.5 Å². The zero-order valence-corrected chi connectivity index (χ0v) is 26.5. The molecule has 13 nitrogen and oxygen atoms in total. The highest BCUT2D eigenvalue weighted by molar-refractivity contribution is 5.93. The summed E-state index contributed by atoms with van der Waals surface area (Å²) in [7, 11) is 0. The van der Waals surface area contributed by atoms with E-state index < -0.39 is 35.8 Å². The summed E-state index contributed by atoms with van der Waals surface area (Å²) in [6.45, 7) is 0.866. The molecule has 0 aliphatic carbocycles. The number of benzene rings is 2. The molecule has 4 bridgehead atoms. The van der Waals surface area contributed by atoms with E-state index in [1.54, 1.807) is 24.3 Å². The van der Waals surface area contributed by atoms with Crippen molar-refractivity contribution in [2.24, 2.45) is 17.2 Å². The van der Waals surface area contributed by atoms with Crippen LogP contribution in [0.4, 0.5) is 0 Å². The molecular weight excluding hydrogens is 637 g/mol. The second kappa shape index (κ2) is 19.8. The summed E-state index contributed by atoms with van der Waals surface area (Å²) in [5, 5.41) is 31.7. The Balaban J connectivity index is 0.00000616. The minimum absolute atomic E-state index is 0. The van der Waals surface area contributed by atoms with E-state index in [0.717, 1.165) is 0 Å². The maximum Gasteiger partial charge on any atom is 0.243 e. The molecule has 0 spiro atoms. The molecule has 1 heterocycles. The number of nitrogens with two attached hydrogens (primary N) is 3. The van der Waals surface area contributed by atoms with E-state index in [-0.39, 0.29) is 99.9 Å². The number of hydrogen-bond acceptors (Lipinski definition) is 9. The van der Waals surface area contributed by atoms with Crippen LogP contribution in [-0.2, 0) is 32.0 Å². The first-order valence-electron chi connectivity index (χ1n) is 13.6. The molecule has 246 valence electrons. The van der Waals surface area contributed by atoms with E-state index in [1.165, 1.54) is 12.1 Å². The van der Waals surface area contributed by atoms with Gasteiger partial charge in [0.1, 0.15) is 23.6 Å². The Morgan fingerprint density at radius 1 is 0.818 bits per heavy atom. The SMILES string of the molecule is Cl.Cl.Cl.NCCC[C@@H]1NC(=O)[C@@H](N)Cc2cc(ccc2O)-c2ccc(O)c(c2)C[C@@H](C(=O)NCCC(=O)NCCN)NC1=O. The van der Waals surface area contributed by atoms with Gasteiger partial charge in [-0.05, 0) is 65.9 Å². The number of phenols is 2. The number of nitrogens with one attached hydrogen (secondary N) is 4. The molecule has 1 aliphatic rings. The number of amides is 4. The summed E-state index contributed by atoms with van der Waals surface area (Å²) in [4.78, 5) is 51.5. The predicted octanol–water partition coefficient (Wildman–Crippen LogP) is -0.254. The van der Waals surface area contributed by atoms with Crippen LogP contribution in [0.25, 0.3) is 11.1 Å². The van der Waals surface area contributed by atoms with Gasteiger partial charge in [0.2, 0.25) is 23.6 Å². The van der Waals surface area contributed by atoms with Crippen molar-refractivity contribution < 1.29 is 29.4 Å². The van der Waals surface area contributed by atoms with Crippen molar-refractivity contribution in [3.63, 3.8) is 0 Å². The Labute approximate surface area is 274 Å². The monoisotopic (exact) mass is 677 g/mol. The van der Waals surface area contributed by atoms with Crippen LogP contribution in [0.3, 0.4) is 0 Å². The molecule has 0 aromatic heterocycles. The van der Waals surface area contributed by atoms with Gasteiger partial charge >= 0.3 is 0 Å². The lowest BCUT2D eigenvalue weighted by Crippen LogP contribution is -2.56. The summed E-state index contributed by atoms with van der Waals surface area (Å²) in [5.41, 5.74) is 19.4. The fourth-order valence-electron chi connectivity index (χ4n) is 4.48. The lowest BCUT2D eigenvalue weighted by molar-refractivity contribution is -0.132. The molecule has 0 fully saturated rings. The first kappa shape index (κ1) is 40.7. The number of hydrogen-bond donors (Lipinski definition) is 9. The molecule has 1 aliphatic heterocycles. The van der Waals surface area contributed by atoms with E-state index in [2.05, 4.69) is 21.3 Å². The summed E-state index contributed by atoms with van der Waals surface area (Å²) in [6, 6.07) is 6.46. The third-order valence-electron chi connectivity index (χ3n) is 6.77. The van der Waals surface area contributed by atoms with Crippen molar-refractivity contribution >= 4 is 60.8 Å². The molecule has 0 radical (unpaired) electrons. The first-order chi connectivity index (χ1) is 19.6. The van der Waals surface area contributed by atoms with Crippen LogP contribution >= 0.6 is 37.2 Å². The third-order valence-corrected chi connectivity index (χ3v) is 6.77. The standard InChI is InChI=1S/C28H39N7O6.3ClH/c29-8-1-2-21-28(41)35-22(27(40)33-10-7-25(38)32-11-9-30)15-19-13-17(4-6-24(19)37)16-3-5-23(36)18(12-16)14-20(31)26(39)34-21;;;/h3-6,12-13,20-22,36-37H,1-2,7-11,14-15,29-31H2,(H,32,38)(H,33,40)(H,34,39)(H,35,41);3*1H/t20-,21-,22-;;;/m0.../s1. The summed E-state index contributed by atoms with van der Waals surface area (Å²) >= 11 is 0. The summed E-state index contributed by atoms with van der Waals surface area (Å²) in [5.74, 6) is -2.22. The Morgan fingerprint density at radius 3 is 1.98 bits per heavy atom. The number of carbonyl (C=O) groups excluding carboxylic acids is 4. The summed E-state index contributed by atoms with van der Waals surface area (Å²) < 4.78 is 0. The second-order valence-corrected chi connectivity index (χ2v) is 9.93. The highest BCUT2D eigenvalue weighted by Gasteiger charge is 2.29. The maximum atomic E-state index is 13.4. The van der Waals surface area contributed by atoms with Crippen LogP contribution < -0.4 is 38.5 Å². The molecule has 2 aromatic carbocycles. The van der Waals surface area contributed by atoms with Crippen molar-refractivity contribution in [1.29, 1.82) is 0 Å². The number of fused-ring (bicyclic) bond motifs is 5. The van der Waals surface area contributed by atoms with Crippen LogP contribution in [-0.4, -0.2) is 78.1 Å². The minimum atomic E-state index is -1.15. The van der Waals surface area contributed by atoms with Gasteiger partial charge in [-0.25, -0.2) is 0 Å². The number of rotatable bonds is 9. The first-order valence-corrected chi connectivity index (χ1v) is 13.6. The average Bonchev–Trinajstić information content (AvgIpc) is 2.95. The van der Waals surface area contributed by atoms with E-state index in [0.29, 0.717) is 35.2 Å². The highest BCUT2D eigenvalue weighted by Crippen LogP contribution is 2.30. The predicted molar refractivity (Wildman–Crippen MR) is 174 cm³/mol. The van der Waals surface area contributed by atoms with Crippen molar-refractivity contribution in [3.8, 4) is 22.6 Å². The Kier molecular flexibility index (Phi) is 18.3. The fraction of sp³-hybridized carbons (Fsp3) is 0.429. The number of carbonyl (C=O) groups is 4. The maximum absolute atomic E-state index is 13.4. The van der Waals surface area contributed by atoms with Gasteiger partial charge in [-0.15, -0.1) is 37.2 Å². The smallest absolute Gasteiger partial charge is 0.243 e. The molecule has 16 heteroatoms. The molecule has 0 unspecified atom stereocenters. The Bertz CT molecular complexity index is 1270. The topological polar surface area (TPSA) is 235 Å². The van der Waals surface area contributed by atoms with E-state index in [4.69, 9.17) is 17.2 Å². The zero-order chi connectivity index (χ0) is 29.9. The molecule has 4 amide bonds. The third kappa shape index (κ3) is 11.6. The normalized spacial score (nSPS) is 17.9. The van der Waals surface area contributed by atoms with E-state index in [9.17, 15) is 29.4 Å². The molecule has 12 N–H and O–H groups in total. The van der Waals surface area contributed by atoms with Crippen LogP contribution in [0, 0.1) is 0 Å². The zero-order valence-electron chi connectivity index (χ0n) is 24.0. The van der Waals surface area contributed by atoms with E-state index >= 15 is 0 Å². The van der Waals surface area contributed by atoms with Crippen molar-refractivity contribution in [2.45, 2.75) is 50.2 Å². The highest BCUT2D eigenvalue weighted by atomic mass is 35.5. The molecule has 3 rings (SSSR count). The Morgan fingerprint density at radius 2 is 1.41 bits per heavy atom. The Hall–Kier alpha value is -3.33. The molecule has 44 heavy (non-hydrogen) atoms. The lowest BCUT2D eigenvalue weighted by Gasteiger charge is -2.24. The number of halogens is 3. The number of aromatic hydroxyl groups is 2. The largest absolute Gasteiger partial charge is 0.508 e. The van der Waals surface area contributed by atoms with Crippen molar-refractivity contribution in [1.82, 2.24) is 21.3 Å². The van der Waals surface area contributed by atoms with Gasteiger partial charge in [0.05, 0.1) is 6.04 Å². The molecular formula is C28H42Cl3N7O6. The van der Waals surface area contributed by atoms with Gasteiger partial charge in [0.25, 0.3) is 0 Å². The minimum Gasteiger partial charge on any atom is -0.508 e. The van der Waals surface area contributed by atoms with Crippen molar-refractivity contribution in [2.75, 3.05) is 26.2 Å². The van der Waals surface area contributed by atoms with Crippen LogP contribution in [0.1, 0.15) is 30.4 Å². The van der Waals surface area contributed by atoms with Gasteiger partial charge in [-0.2, -0.15) is 0 Å². The van der Waals surface area contributed by atoms with Gasteiger partial charge < -0.3 is 48.7 Å². The molecule has 0 saturated heterocycles. The molecule has 2 aromatic rings. The van der Waals surface area contributed by atoms with Crippen LogP contribution in [0.15, 0.2) is 36.4 Å². The van der Waals surface area contributed by atoms with Gasteiger partial charge in [-0.3, -0.25) is 19.2 Å². The van der Waals surface area contributed by atoms with Crippen molar-refractivity contribution in [3.05, 3.63) is 47.5 Å². The van der Waals surface area contributed by atoms with E-state index in [1.807, 2.05) is 0 Å². The fourth-order valence-corrected chi connectivity index (χ4v) is 4.48. The van der Waals surface area contributed by atoms with Gasteiger partial charge in [-0.1, -0.05) is 12.1 Å². The quantitative estimate of drug-likeness (QED) is 0.170. The van der Waals surface area contributed by atoms with Gasteiger partial charge in [0, 0.05) is 38.9 Å². The summed E-state index contributed by atoms with van der Waals surface area (Å²) in [6.07, 6.45) is 0.527. The van der Waals surface area contributed by atoms with Crippen LogP contribution in [0.2, 0.25) is 0 Å². The average molecular weight is 679 g/mol. The second-order valence-electron chi connectivity index (χ2n) is 9.93. The number of phenolic OH excluding ortho intramolecular Hbond substituents is 2.